The second-order valence-corrected chi connectivity index (χ2v) is 9.69. The standard InChI is InChI=1S/C21H26N2O3S2/c1-3-22(4-2)28(25,26)19-10-11-20-17(16-19)12-14-23(20)21(24)13-15-27-18-8-6-5-7-9-18/h5-11,16H,3-4,12-15H2,1-2H3. The summed E-state index contributed by atoms with van der Waals surface area (Å²) in [5, 5.41) is 0. The van der Waals surface area contributed by atoms with Gasteiger partial charge in [-0.05, 0) is 42.3 Å². The van der Waals surface area contributed by atoms with Gasteiger partial charge in [0.15, 0.2) is 0 Å². The number of rotatable bonds is 8. The van der Waals surface area contributed by atoms with Gasteiger partial charge in [0, 0.05) is 42.4 Å². The topological polar surface area (TPSA) is 57.7 Å². The van der Waals surface area contributed by atoms with Crippen LogP contribution in [0.5, 0.6) is 0 Å². The third-order valence-corrected chi connectivity index (χ3v) is 7.98. The van der Waals surface area contributed by atoms with Gasteiger partial charge in [-0.2, -0.15) is 4.31 Å². The van der Waals surface area contributed by atoms with Gasteiger partial charge in [0.1, 0.15) is 0 Å². The Balaban J connectivity index is 1.68. The van der Waals surface area contributed by atoms with Crippen LogP contribution in [0.1, 0.15) is 25.8 Å². The summed E-state index contributed by atoms with van der Waals surface area (Å²) in [5.41, 5.74) is 1.77. The van der Waals surface area contributed by atoms with Crippen molar-refractivity contribution in [2.75, 3.05) is 30.3 Å². The van der Waals surface area contributed by atoms with Crippen LogP contribution < -0.4 is 4.90 Å². The Morgan fingerprint density at radius 3 is 2.50 bits per heavy atom. The minimum Gasteiger partial charge on any atom is -0.312 e. The van der Waals surface area contributed by atoms with E-state index < -0.39 is 10.0 Å². The molecule has 28 heavy (non-hydrogen) atoms. The molecule has 0 bridgehead atoms. The summed E-state index contributed by atoms with van der Waals surface area (Å²) in [5.74, 6) is 0.810. The van der Waals surface area contributed by atoms with Crippen LogP contribution in [-0.2, 0) is 21.2 Å². The van der Waals surface area contributed by atoms with Crippen molar-refractivity contribution in [2.24, 2.45) is 0 Å². The molecule has 0 spiro atoms. The number of carbonyl (C=O) groups is 1. The van der Waals surface area contributed by atoms with Crippen LogP contribution in [-0.4, -0.2) is 44.0 Å². The molecule has 3 rings (SSSR count). The van der Waals surface area contributed by atoms with Crippen molar-refractivity contribution in [2.45, 2.75) is 36.5 Å². The molecule has 150 valence electrons. The van der Waals surface area contributed by atoms with E-state index in [-0.39, 0.29) is 5.91 Å². The van der Waals surface area contributed by atoms with Crippen molar-refractivity contribution >= 4 is 33.4 Å². The van der Waals surface area contributed by atoms with Crippen LogP contribution in [0, 0.1) is 0 Å². The molecule has 1 aliphatic rings. The van der Waals surface area contributed by atoms with Gasteiger partial charge in [-0.25, -0.2) is 8.42 Å². The first-order valence-corrected chi connectivity index (χ1v) is 12.0. The Bertz CT molecular complexity index is 926. The molecule has 2 aromatic carbocycles. The number of fused-ring (bicyclic) bond motifs is 1. The zero-order valence-electron chi connectivity index (χ0n) is 16.3. The van der Waals surface area contributed by atoms with Gasteiger partial charge in [0.25, 0.3) is 0 Å². The molecule has 0 aliphatic carbocycles. The number of nitrogens with zero attached hydrogens (tertiary/aromatic N) is 2. The maximum Gasteiger partial charge on any atom is 0.243 e. The molecule has 1 aliphatic heterocycles. The van der Waals surface area contributed by atoms with E-state index in [1.165, 1.54) is 4.31 Å². The van der Waals surface area contributed by atoms with Crippen molar-refractivity contribution in [3.05, 3.63) is 54.1 Å². The second-order valence-electron chi connectivity index (χ2n) is 6.59. The molecule has 0 saturated heterocycles. The molecule has 0 unspecified atom stereocenters. The van der Waals surface area contributed by atoms with Gasteiger partial charge < -0.3 is 4.90 Å². The van der Waals surface area contributed by atoms with E-state index in [9.17, 15) is 13.2 Å². The normalized spacial score (nSPS) is 13.8. The average Bonchev–Trinajstić information content (AvgIpc) is 3.13. The minimum atomic E-state index is -3.48. The number of sulfonamides is 1. The summed E-state index contributed by atoms with van der Waals surface area (Å²) in [4.78, 5) is 15.9. The fourth-order valence-corrected chi connectivity index (χ4v) is 5.79. The fourth-order valence-electron chi connectivity index (χ4n) is 3.42. The largest absolute Gasteiger partial charge is 0.312 e. The molecular formula is C21H26N2O3S2. The summed E-state index contributed by atoms with van der Waals surface area (Å²) < 4.78 is 26.9. The Morgan fingerprint density at radius 2 is 1.82 bits per heavy atom. The molecule has 1 amide bonds. The van der Waals surface area contributed by atoms with E-state index in [1.807, 2.05) is 44.2 Å². The van der Waals surface area contributed by atoms with Gasteiger partial charge in [0.2, 0.25) is 15.9 Å². The van der Waals surface area contributed by atoms with Crippen LogP contribution in [0.2, 0.25) is 0 Å². The molecule has 1 heterocycles. The van der Waals surface area contributed by atoms with E-state index in [0.717, 1.165) is 21.9 Å². The molecule has 2 aromatic rings. The van der Waals surface area contributed by atoms with Crippen molar-refractivity contribution in [3.63, 3.8) is 0 Å². The lowest BCUT2D eigenvalue weighted by molar-refractivity contribution is -0.118. The minimum absolute atomic E-state index is 0.0848. The number of hydrogen-bond acceptors (Lipinski definition) is 4. The Morgan fingerprint density at radius 1 is 1.11 bits per heavy atom. The molecule has 7 heteroatoms. The third kappa shape index (κ3) is 4.42. The Kier molecular flexibility index (Phi) is 6.80. The Hall–Kier alpha value is -1.83. The fraction of sp³-hybridized carbons (Fsp3) is 0.381. The van der Waals surface area contributed by atoms with Crippen LogP contribution in [0.25, 0.3) is 0 Å². The molecular weight excluding hydrogens is 392 g/mol. The molecule has 0 N–H and O–H groups in total. The van der Waals surface area contributed by atoms with E-state index >= 15 is 0 Å². The maximum absolute atomic E-state index is 12.7. The van der Waals surface area contributed by atoms with E-state index in [4.69, 9.17) is 0 Å². The summed E-state index contributed by atoms with van der Waals surface area (Å²) in [6, 6.07) is 15.2. The highest BCUT2D eigenvalue weighted by atomic mass is 32.2. The smallest absolute Gasteiger partial charge is 0.243 e. The zero-order valence-corrected chi connectivity index (χ0v) is 17.9. The summed E-state index contributed by atoms with van der Waals surface area (Å²) in [6.07, 6.45) is 1.15. The number of anilines is 1. The quantitative estimate of drug-likeness (QED) is 0.612. The molecule has 0 radical (unpaired) electrons. The van der Waals surface area contributed by atoms with E-state index in [2.05, 4.69) is 0 Å². The molecule has 0 aromatic heterocycles. The molecule has 0 saturated carbocycles. The Labute approximate surface area is 171 Å². The van der Waals surface area contributed by atoms with Gasteiger partial charge in [-0.15, -0.1) is 11.8 Å². The number of benzene rings is 2. The van der Waals surface area contributed by atoms with Crippen molar-refractivity contribution < 1.29 is 13.2 Å². The van der Waals surface area contributed by atoms with Crippen LogP contribution in [0.15, 0.2) is 58.3 Å². The van der Waals surface area contributed by atoms with Gasteiger partial charge in [-0.1, -0.05) is 32.0 Å². The summed E-state index contributed by atoms with van der Waals surface area (Å²) >= 11 is 1.67. The van der Waals surface area contributed by atoms with Crippen LogP contribution >= 0.6 is 11.8 Å². The average molecular weight is 419 g/mol. The monoisotopic (exact) mass is 418 g/mol. The summed E-state index contributed by atoms with van der Waals surface area (Å²) in [7, 11) is -3.48. The highest BCUT2D eigenvalue weighted by molar-refractivity contribution is 7.99. The highest BCUT2D eigenvalue weighted by Gasteiger charge is 2.28. The van der Waals surface area contributed by atoms with E-state index in [1.54, 1.807) is 34.9 Å². The predicted molar refractivity (Wildman–Crippen MR) is 114 cm³/mol. The number of carbonyl (C=O) groups excluding carboxylic acids is 1. The third-order valence-electron chi connectivity index (χ3n) is 4.92. The molecule has 0 atom stereocenters. The lowest BCUT2D eigenvalue weighted by atomic mass is 10.2. The lowest BCUT2D eigenvalue weighted by Crippen LogP contribution is -2.30. The van der Waals surface area contributed by atoms with E-state index in [0.29, 0.717) is 37.4 Å². The number of hydrogen-bond donors (Lipinski definition) is 0. The number of amides is 1. The molecule has 5 nitrogen and oxygen atoms in total. The summed E-state index contributed by atoms with van der Waals surface area (Å²) in [6.45, 7) is 5.17. The maximum atomic E-state index is 12.7. The lowest BCUT2D eigenvalue weighted by Gasteiger charge is -2.20. The zero-order chi connectivity index (χ0) is 20.1. The number of thioether (sulfide) groups is 1. The van der Waals surface area contributed by atoms with Gasteiger partial charge >= 0.3 is 0 Å². The first-order valence-electron chi connectivity index (χ1n) is 9.58. The molecule has 0 fully saturated rings. The van der Waals surface area contributed by atoms with Crippen molar-refractivity contribution in [3.8, 4) is 0 Å². The SMILES string of the molecule is CCN(CC)S(=O)(=O)c1ccc2c(c1)CCN2C(=O)CCSc1ccccc1. The van der Waals surface area contributed by atoms with Gasteiger partial charge in [-0.3, -0.25) is 4.79 Å². The first-order chi connectivity index (χ1) is 13.5. The van der Waals surface area contributed by atoms with Crippen molar-refractivity contribution in [1.29, 1.82) is 0 Å². The highest BCUT2D eigenvalue weighted by Crippen LogP contribution is 2.32. The van der Waals surface area contributed by atoms with Crippen molar-refractivity contribution in [1.82, 2.24) is 4.31 Å². The second kappa shape index (κ2) is 9.11. The van der Waals surface area contributed by atoms with Gasteiger partial charge in [0.05, 0.1) is 4.90 Å². The van der Waals surface area contributed by atoms with Crippen LogP contribution in [0.4, 0.5) is 5.69 Å². The first kappa shape index (κ1) is 20.9. The van der Waals surface area contributed by atoms with Crippen LogP contribution in [0.3, 0.4) is 0 Å². The predicted octanol–water partition coefficient (Wildman–Crippen LogP) is 3.79.